The molecule has 2 rings (SSSR count). The van der Waals surface area contributed by atoms with Gasteiger partial charge >= 0.3 is 0 Å². The molecule has 19 heavy (non-hydrogen) atoms. The van der Waals surface area contributed by atoms with Crippen LogP contribution >= 0.6 is 0 Å². The van der Waals surface area contributed by atoms with E-state index in [1.165, 1.54) is 6.20 Å². The highest BCUT2D eigenvalue weighted by molar-refractivity contribution is 5.98. The smallest absolute Gasteiger partial charge is 0.252 e. The van der Waals surface area contributed by atoms with E-state index in [4.69, 9.17) is 5.73 Å². The molecule has 98 valence electrons. The molecule has 5 nitrogen and oxygen atoms in total. The number of aliphatic hydroxyl groups excluding tert-OH is 1. The van der Waals surface area contributed by atoms with Gasteiger partial charge in [0.05, 0.1) is 17.9 Å². The number of nitrogens with one attached hydrogen (secondary N) is 1. The van der Waals surface area contributed by atoms with Crippen LogP contribution in [0.25, 0.3) is 0 Å². The van der Waals surface area contributed by atoms with E-state index in [1.807, 2.05) is 24.3 Å². The molecule has 1 amide bonds. The Balaban J connectivity index is 2.17. The lowest BCUT2D eigenvalue weighted by Gasteiger charge is -2.11. The molecule has 0 aliphatic rings. The standard InChI is InChI=1S/C14H15N3O2/c15-14(19)12-8-16-6-5-13(12)17-7-10-3-1-2-4-11(10)9-18/h1-6,8,18H,7,9H2,(H2,15,19)(H,16,17). The number of aromatic nitrogens is 1. The lowest BCUT2D eigenvalue weighted by Crippen LogP contribution is -2.15. The van der Waals surface area contributed by atoms with Crippen LogP contribution in [0.2, 0.25) is 0 Å². The lowest BCUT2D eigenvalue weighted by atomic mass is 10.1. The molecule has 2 aromatic rings. The summed E-state index contributed by atoms with van der Waals surface area (Å²) in [4.78, 5) is 15.1. The molecule has 0 aliphatic carbocycles. The van der Waals surface area contributed by atoms with E-state index in [1.54, 1.807) is 12.3 Å². The van der Waals surface area contributed by atoms with Crippen LogP contribution in [0.5, 0.6) is 0 Å². The van der Waals surface area contributed by atoms with Crippen molar-refractivity contribution in [1.82, 2.24) is 4.98 Å². The van der Waals surface area contributed by atoms with Crippen LogP contribution in [-0.4, -0.2) is 16.0 Å². The Morgan fingerprint density at radius 3 is 2.68 bits per heavy atom. The number of amides is 1. The zero-order valence-electron chi connectivity index (χ0n) is 10.3. The molecule has 1 aromatic carbocycles. The Hall–Kier alpha value is -2.40. The molecular formula is C14H15N3O2. The van der Waals surface area contributed by atoms with Crippen molar-refractivity contribution in [3.63, 3.8) is 0 Å². The van der Waals surface area contributed by atoms with Gasteiger partial charge in [-0.1, -0.05) is 24.3 Å². The maximum atomic E-state index is 11.3. The maximum Gasteiger partial charge on any atom is 0.252 e. The summed E-state index contributed by atoms with van der Waals surface area (Å²) in [5.41, 5.74) is 8.09. The summed E-state index contributed by atoms with van der Waals surface area (Å²) < 4.78 is 0. The number of hydrogen-bond donors (Lipinski definition) is 3. The van der Waals surface area contributed by atoms with Gasteiger partial charge in [-0.25, -0.2) is 0 Å². The summed E-state index contributed by atoms with van der Waals surface area (Å²) in [6, 6.07) is 9.25. The van der Waals surface area contributed by atoms with Crippen molar-refractivity contribution in [2.45, 2.75) is 13.2 Å². The van der Waals surface area contributed by atoms with E-state index in [2.05, 4.69) is 10.3 Å². The molecule has 0 radical (unpaired) electrons. The summed E-state index contributed by atoms with van der Waals surface area (Å²) in [7, 11) is 0. The van der Waals surface area contributed by atoms with E-state index >= 15 is 0 Å². The average molecular weight is 257 g/mol. The topological polar surface area (TPSA) is 88.2 Å². The molecule has 0 spiro atoms. The predicted molar refractivity (Wildman–Crippen MR) is 72.4 cm³/mol. The fourth-order valence-electron chi connectivity index (χ4n) is 1.82. The molecule has 0 unspecified atom stereocenters. The van der Waals surface area contributed by atoms with Gasteiger partial charge in [0, 0.05) is 18.9 Å². The maximum absolute atomic E-state index is 11.3. The summed E-state index contributed by atoms with van der Waals surface area (Å²) >= 11 is 0. The quantitative estimate of drug-likeness (QED) is 0.753. The minimum atomic E-state index is -0.522. The minimum Gasteiger partial charge on any atom is -0.392 e. The first kappa shape index (κ1) is 13.0. The molecule has 5 heteroatoms. The monoisotopic (exact) mass is 257 g/mol. The Bertz CT molecular complexity index is 584. The van der Waals surface area contributed by atoms with E-state index in [9.17, 15) is 9.90 Å². The first-order valence-corrected chi connectivity index (χ1v) is 5.87. The number of carbonyl (C=O) groups excluding carboxylic acids is 1. The van der Waals surface area contributed by atoms with Gasteiger partial charge in [0.15, 0.2) is 0 Å². The summed E-state index contributed by atoms with van der Waals surface area (Å²) in [6.45, 7) is 0.484. The van der Waals surface area contributed by atoms with Crippen LogP contribution in [0.4, 0.5) is 5.69 Å². The summed E-state index contributed by atoms with van der Waals surface area (Å²) in [6.07, 6.45) is 3.02. The number of nitrogens with two attached hydrogens (primary N) is 1. The number of pyridine rings is 1. The molecule has 0 bridgehead atoms. The second-order valence-electron chi connectivity index (χ2n) is 4.07. The van der Waals surface area contributed by atoms with Crippen molar-refractivity contribution in [3.8, 4) is 0 Å². The van der Waals surface area contributed by atoms with Crippen LogP contribution in [0.3, 0.4) is 0 Å². The van der Waals surface area contributed by atoms with E-state index in [0.717, 1.165) is 11.1 Å². The molecule has 1 heterocycles. The second kappa shape index (κ2) is 5.97. The van der Waals surface area contributed by atoms with Crippen molar-refractivity contribution in [3.05, 3.63) is 59.4 Å². The normalized spacial score (nSPS) is 10.2. The minimum absolute atomic E-state index is 0.0170. The highest BCUT2D eigenvalue weighted by Gasteiger charge is 2.08. The van der Waals surface area contributed by atoms with Crippen LogP contribution in [0, 0.1) is 0 Å². The summed E-state index contributed by atoms with van der Waals surface area (Å²) in [5.74, 6) is -0.522. The third-order valence-electron chi connectivity index (χ3n) is 2.84. The molecule has 0 saturated heterocycles. The third kappa shape index (κ3) is 3.08. The van der Waals surface area contributed by atoms with Crippen LogP contribution < -0.4 is 11.1 Å². The molecule has 0 fully saturated rings. The van der Waals surface area contributed by atoms with Gasteiger partial charge in [-0.15, -0.1) is 0 Å². The van der Waals surface area contributed by atoms with Gasteiger partial charge < -0.3 is 16.2 Å². The Labute approximate surface area is 111 Å². The number of nitrogens with zero attached hydrogens (tertiary/aromatic N) is 1. The number of aliphatic hydroxyl groups is 1. The molecule has 0 saturated carbocycles. The van der Waals surface area contributed by atoms with Gasteiger partial charge in [0.2, 0.25) is 0 Å². The first-order chi connectivity index (χ1) is 9.22. The number of anilines is 1. The van der Waals surface area contributed by atoms with E-state index < -0.39 is 5.91 Å². The highest BCUT2D eigenvalue weighted by Crippen LogP contribution is 2.16. The zero-order valence-corrected chi connectivity index (χ0v) is 10.3. The highest BCUT2D eigenvalue weighted by atomic mass is 16.3. The molecule has 4 N–H and O–H groups in total. The lowest BCUT2D eigenvalue weighted by molar-refractivity contribution is 0.100. The Morgan fingerprint density at radius 2 is 2.00 bits per heavy atom. The van der Waals surface area contributed by atoms with Gasteiger partial charge in [-0.2, -0.15) is 0 Å². The van der Waals surface area contributed by atoms with E-state index in [-0.39, 0.29) is 6.61 Å². The van der Waals surface area contributed by atoms with Gasteiger partial charge in [0.1, 0.15) is 0 Å². The van der Waals surface area contributed by atoms with Crippen LogP contribution in [0.1, 0.15) is 21.5 Å². The SMILES string of the molecule is NC(=O)c1cnccc1NCc1ccccc1CO. The molecular weight excluding hydrogens is 242 g/mol. The number of carbonyl (C=O) groups is 1. The molecule has 0 aliphatic heterocycles. The van der Waals surface area contributed by atoms with Crippen molar-refractivity contribution in [2.24, 2.45) is 5.73 Å². The summed E-state index contributed by atoms with van der Waals surface area (Å²) in [5, 5.41) is 12.4. The second-order valence-corrected chi connectivity index (χ2v) is 4.07. The van der Waals surface area contributed by atoms with Crippen molar-refractivity contribution in [2.75, 3.05) is 5.32 Å². The number of primary amides is 1. The van der Waals surface area contributed by atoms with Crippen molar-refractivity contribution >= 4 is 11.6 Å². The number of benzene rings is 1. The first-order valence-electron chi connectivity index (χ1n) is 5.87. The van der Waals surface area contributed by atoms with Crippen molar-refractivity contribution < 1.29 is 9.90 Å². The third-order valence-corrected chi connectivity index (χ3v) is 2.84. The fourth-order valence-corrected chi connectivity index (χ4v) is 1.82. The van der Waals surface area contributed by atoms with Gasteiger partial charge in [0.25, 0.3) is 5.91 Å². The Morgan fingerprint density at radius 1 is 1.26 bits per heavy atom. The van der Waals surface area contributed by atoms with Crippen molar-refractivity contribution in [1.29, 1.82) is 0 Å². The Kier molecular flexibility index (Phi) is 4.10. The predicted octanol–water partition coefficient (Wildman–Crippen LogP) is 1.28. The molecule has 0 atom stereocenters. The molecule has 1 aromatic heterocycles. The van der Waals surface area contributed by atoms with E-state index in [0.29, 0.717) is 17.8 Å². The zero-order chi connectivity index (χ0) is 13.7. The number of rotatable bonds is 5. The van der Waals surface area contributed by atoms with Gasteiger partial charge in [-0.05, 0) is 17.2 Å². The number of hydrogen-bond acceptors (Lipinski definition) is 4. The van der Waals surface area contributed by atoms with Gasteiger partial charge in [-0.3, -0.25) is 9.78 Å². The average Bonchev–Trinajstić information content (AvgIpc) is 2.45. The largest absolute Gasteiger partial charge is 0.392 e. The van der Waals surface area contributed by atoms with Crippen LogP contribution in [-0.2, 0) is 13.2 Å². The fraction of sp³-hybridized carbons (Fsp3) is 0.143. The van der Waals surface area contributed by atoms with Crippen LogP contribution in [0.15, 0.2) is 42.7 Å².